The van der Waals surface area contributed by atoms with E-state index < -0.39 is 0 Å². The first-order valence-corrected chi connectivity index (χ1v) is 13.4. The Balaban J connectivity index is 1.10. The minimum atomic E-state index is -0.108. The molecule has 4 nitrogen and oxygen atoms in total. The van der Waals surface area contributed by atoms with Crippen molar-refractivity contribution in [3.63, 3.8) is 0 Å². The summed E-state index contributed by atoms with van der Waals surface area (Å²) in [5, 5.41) is 8.86. The van der Waals surface area contributed by atoms with Crippen molar-refractivity contribution in [2.75, 3.05) is 13.1 Å². The van der Waals surface area contributed by atoms with Gasteiger partial charge in [-0.2, -0.15) is 0 Å². The minimum Gasteiger partial charge on any atom is -0.351 e. The molecule has 4 aromatic rings. The van der Waals surface area contributed by atoms with E-state index in [0.29, 0.717) is 32.9 Å². The van der Waals surface area contributed by atoms with Crippen LogP contribution < -0.4 is 10.6 Å². The Hall–Kier alpha value is -2.12. The summed E-state index contributed by atoms with van der Waals surface area (Å²) in [5.41, 5.74) is 0. The molecule has 4 rings (SSSR count). The fourth-order valence-electron chi connectivity index (χ4n) is 3.66. The standard InChI is InChI=1S/C25H24Cl2N2O2S2/c26-20-16-10-4-6-12-18(16)32-22(20)24(30)28-14-8-2-1-3-9-15-29-25(31)23-21(27)17-11-5-7-13-19(17)33-23/h4-7,10-13H,1-3,8-9,14-15H2,(H,28,30)(H,29,31). The Morgan fingerprint density at radius 2 is 1.03 bits per heavy atom. The lowest BCUT2D eigenvalue weighted by molar-refractivity contribution is 0.0949. The first-order valence-electron chi connectivity index (χ1n) is 11.0. The molecule has 2 aromatic heterocycles. The lowest BCUT2D eigenvalue weighted by Gasteiger charge is -2.06. The third-order valence-electron chi connectivity index (χ3n) is 5.41. The molecular formula is C25H24Cl2N2O2S2. The van der Waals surface area contributed by atoms with Gasteiger partial charge >= 0.3 is 0 Å². The fourth-order valence-corrected chi connectivity index (χ4v) is 6.53. The summed E-state index contributed by atoms with van der Waals surface area (Å²) in [5.74, 6) is -0.215. The van der Waals surface area contributed by atoms with E-state index in [1.165, 1.54) is 22.7 Å². The molecule has 0 aliphatic rings. The SMILES string of the molecule is O=C(NCCCCCCCNC(=O)c1sc2ccccc2c1Cl)c1sc2ccccc2c1Cl. The second kappa shape index (κ2) is 11.3. The number of unbranched alkanes of at least 4 members (excludes halogenated alkanes) is 4. The van der Waals surface area contributed by atoms with E-state index in [1.54, 1.807) is 0 Å². The number of benzene rings is 2. The normalized spacial score (nSPS) is 11.2. The van der Waals surface area contributed by atoms with Gasteiger partial charge in [-0.15, -0.1) is 22.7 Å². The number of fused-ring (bicyclic) bond motifs is 2. The number of hydrogen-bond acceptors (Lipinski definition) is 4. The predicted octanol–water partition coefficient (Wildman–Crippen LogP) is 7.53. The molecule has 2 heterocycles. The summed E-state index contributed by atoms with van der Waals surface area (Å²) in [6.45, 7) is 1.26. The topological polar surface area (TPSA) is 58.2 Å². The van der Waals surface area contributed by atoms with E-state index in [-0.39, 0.29) is 11.8 Å². The van der Waals surface area contributed by atoms with Crippen LogP contribution in [0.15, 0.2) is 48.5 Å². The molecule has 0 saturated heterocycles. The van der Waals surface area contributed by atoms with Gasteiger partial charge in [0, 0.05) is 33.3 Å². The van der Waals surface area contributed by atoms with Crippen molar-refractivity contribution in [3.8, 4) is 0 Å². The van der Waals surface area contributed by atoms with Crippen molar-refractivity contribution >= 4 is 77.9 Å². The molecule has 0 saturated carbocycles. The second-order valence-electron chi connectivity index (χ2n) is 7.76. The zero-order chi connectivity index (χ0) is 23.2. The first kappa shape index (κ1) is 24.0. The third-order valence-corrected chi connectivity index (χ3v) is 8.76. The van der Waals surface area contributed by atoms with Gasteiger partial charge < -0.3 is 10.6 Å². The summed E-state index contributed by atoms with van der Waals surface area (Å²) < 4.78 is 2.05. The number of halogens is 2. The van der Waals surface area contributed by atoms with Crippen LogP contribution in [0.4, 0.5) is 0 Å². The average Bonchev–Trinajstić information content (AvgIpc) is 3.35. The second-order valence-corrected chi connectivity index (χ2v) is 10.6. The molecule has 0 unspecified atom stereocenters. The van der Waals surface area contributed by atoms with Crippen molar-refractivity contribution in [2.24, 2.45) is 0 Å². The van der Waals surface area contributed by atoms with Crippen LogP contribution in [-0.4, -0.2) is 24.9 Å². The summed E-state index contributed by atoms with van der Waals surface area (Å²) in [7, 11) is 0. The van der Waals surface area contributed by atoms with Crippen LogP contribution in [0, 0.1) is 0 Å². The van der Waals surface area contributed by atoms with Crippen LogP contribution in [-0.2, 0) is 0 Å². The molecule has 0 aliphatic carbocycles. The molecule has 2 N–H and O–H groups in total. The number of thiophene rings is 2. The molecular weight excluding hydrogens is 495 g/mol. The van der Waals surface area contributed by atoms with Crippen molar-refractivity contribution in [2.45, 2.75) is 32.1 Å². The number of rotatable bonds is 10. The lowest BCUT2D eigenvalue weighted by Crippen LogP contribution is -2.24. The van der Waals surface area contributed by atoms with Gasteiger partial charge in [-0.05, 0) is 25.0 Å². The van der Waals surface area contributed by atoms with Gasteiger partial charge in [0.25, 0.3) is 11.8 Å². The predicted molar refractivity (Wildman–Crippen MR) is 141 cm³/mol. The van der Waals surface area contributed by atoms with Gasteiger partial charge in [0.1, 0.15) is 9.75 Å². The van der Waals surface area contributed by atoms with Gasteiger partial charge in [0.2, 0.25) is 0 Å². The molecule has 0 fully saturated rings. The zero-order valence-electron chi connectivity index (χ0n) is 18.0. The molecule has 2 amide bonds. The molecule has 2 aromatic carbocycles. The van der Waals surface area contributed by atoms with Crippen molar-refractivity contribution < 1.29 is 9.59 Å². The highest BCUT2D eigenvalue weighted by atomic mass is 35.5. The number of carbonyl (C=O) groups excluding carboxylic acids is 2. The van der Waals surface area contributed by atoms with Gasteiger partial charge in [0.15, 0.2) is 0 Å². The number of amides is 2. The Morgan fingerprint density at radius 3 is 1.45 bits per heavy atom. The summed E-state index contributed by atoms with van der Waals surface area (Å²) in [6.07, 6.45) is 4.93. The van der Waals surface area contributed by atoms with E-state index in [1.807, 2.05) is 48.5 Å². The van der Waals surface area contributed by atoms with Gasteiger partial charge in [-0.25, -0.2) is 0 Å². The highest BCUT2D eigenvalue weighted by Gasteiger charge is 2.17. The molecule has 33 heavy (non-hydrogen) atoms. The van der Waals surface area contributed by atoms with Crippen LogP contribution in [0.5, 0.6) is 0 Å². The average molecular weight is 520 g/mol. The third kappa shape index (κ3) is 5.69. The van der Waals surface area contributed by atoms with Gasteiger partial charge in [-0.1, -0.05) is 78.9 Å². The van der Waals surface area contributed by atoms with E-state index >= 15 is 0 Å². The summed E-state index contributed by atoms with van der Waals surface area (Å²) >= 11 is 15.6. The van der Waals surface area contributed by atoms with Crippen LogP contribution in [0.25, 0.3) is 20.2 Å². The van der Waals surface area contributed by atoms with E-state index in [9.17, 15) is 9.59 Å². The molecule has 8 heteroatoms. The molecule has 172 valence electrons. The largest absolute Gasteiger partial charge is 0.351 e. The molecule has 0 atom stereocenters. The van der Waals surface area contributed by atoms with Crippen molar-refractivity contribution in [3.05, 3.63) is 68.3 Å². The maximum atomic E-state index is 12.4. The Bertz CT molecular complexity index is 1180. The highest BCUT2D eigenvalue weighted by molar-refractivity contribution is 7.22. The number of hydrogen-bond donors (Lipinski definition) is 2. The van der Waals surface area contributed by atoms with Crippen LogP contribution in [0.1, 0.15) is 51.4 Å². The van der Waals surface area contributed by atoms with E-state index in [2.05, 4.69) is 10.6 Å². The number of nitrogens with one attached hydrogen (secondary N) is 2. The van der Waals surface area contributed by atoms with Gasteiger partial charge in [0.05, 0.1) is 10.0 Å². The first-order chi connectivity index (χ1) is 16.1. The summed E-state index contributed by atoms with van der Waals surface area (Å²) in [4.78, 5) is 26.0. The van der Waals surface area contributed by atoms with E-state index in [0.717, 1.165) is 52.3 Å². The molecule has 0 spiro atoms. The lowest BCUT2D eigenvalue weighted by atomic mass is 10.1. The monoisotopic (exact) mass is 518 g/mol. The Morgan fingerprint density at radius 1 is 0.636 bits per heavy atom. The smallest absolute Gasteiger partial charge is 0.262 e. The maximum Gasteiger partial charge on any atom is 0.262 e. The van der Waals surface area contributed by atoms with Crippen molar-refractivity contribution in [1.82, 2.24) is 10.6 Å². The highest BCUT2D eigenvalue weighted by Crippen LogP contribution is 2.36. The van der Waals surface area contributed by atoms with Gasteiger partial charge in [-0.3, -0.25) is 9.59 Å². The molecule has 0 bridgehead atoms. The quantitative estimate of drug-likeness (QED) is 0.213. The van der Waals surface area contributed by atoms with E-state index in [4.69, 9.17) is 23.2 Å². The van der Waals surface area contributed by atoms with Crippen molar-refractivity contribution in [1.29, 1.82) is 0 Å². The van der Waals surface area contributed by atoms with Crippen LogP contribution >= 0.6 is 45.9 Å². The fraction of sp³-hybridized carbons (Fsp3) is 0.280. The Kier molecular flexibility index (Phi) is 8.25. The summed E-state index contributed by atoms with van der Waals surface area (Å²) in [6, 6.07) is 15.6. The van der Waals surface area contributed by atoms with Crippen LogP contribution in [0.2, 0.25) is 10.0 Å². The Labute approximate surface area is 210 Å². The molecule has 0 radical (unpaired) electrons. The van der Waals surface area contributed by atoms with Crippen LogP contribution in [0.3, 0.4) is 0 Å². The molecule has 0 aliphatic heterocycles. The zero-order valence-corrected chi connectivity index (χ0v) is 21.1. The maximum absolute atomic E-state index is 12.4. The number of carbonyl (C=O) groups is 2. The minimum absolute atomic E-state index is 0.108.